The van der Waals surface area contributed by atoms with Gasteiger partial charge in [0.15, 0.2) is 16.6 Å². The lowest BCUT2D eigenvalue weighted by molar-refractivity contribution is -0.858. The number of ether oxygens (including phenoxy) is 2. The zero-order chi connectivity index (χ0) is 20.5. The van der Waals surface area contributed by atoms with Crippen molar-refractivity contribution in [2.75, 3.05) is 38.9 Å². The number of quaternary nitrogens is 1. The number of hydrogen-bond acceptors (Lipinski definition) is 5. The van der Waals surface area contributed by atoms with Crippen LogP contribution in [0.15, 0.2) is 30.3 Å². The molecule has 7 heteroatoms. The molecule has 1 aliphatic rings. The van der Waals surface area contributed by atoms with Gasteiger partial charge in [-0.05, 0) is 37.1 Å². The third-order valence-corrected chi connectivity index (χ3v) is 6.20. The highest BCUT2D eigenvalue weighted by atomic mass is 32.1. The van der Waals surface area contributed by atoms with E-state index in [2.05, 4.69) is 21.0 Å². The summed E-state index contributed by atoms with van der Waals surface area (Å²) >= 11 is 1.51. The Balaban J connectivity index is 1.68. The number of amides is 1. The number of fused-ring (bicyclic) bond motifs is 2. The third-order valence-electron chi connectivity index (χ3n) is 5.16. The van der Waals surface area contributed by atoms with Gasteiger partial charge in [-0.3, -0.25) is 9.69 Å². The Morgan fingerprint density at radius 2 is 1.90 bits per heavy atom. The quantitative estimate of drug-likeness (QED) is 0.677. The molecule has 0 saturated carbocycles. The van der Waals surface area contributed by atoms with Crippen LogP contribution in [-0.4, -0.2) is 44.9 Å². The monoisotopic (exact) mass is 412 g/mol. The molecule has 0 unspecified atom stereocenters. The number of benzene rings is 2. The van der Waals surface area contributed by atoms with Crippen molar-refractivity contribution in [1.29, 1.82) is 0 Å². The molecule has 29 heavy (non-hydrogen) atoms. The summed E-state index contributed by atoms with van der Waals surface area (Å²) in [5.74, 6) is 1.43. The molecule has 2 aromatic carbocycles. The van der Waals surface area contributed by atoms with E-state index in [-0.39, 0.29) is 12.7 Å². The average molecular weight is 413 g/mol. The molecule has 1 aliphatic heterocycles. The number of aromatic nitrogens is 1. The van der Waals surface area contributed by atoms with Gasteiger partial charge in [0.05, 0.1) is 30.9 Å². The fraction of sp³-hybridized carbons (Fsp3) is 0.364. The summed E-state index contributed by atoms with van der Waals surface area (Å²) in [6.45, 7) is 5.94. The minimum atomic E-state index is -0.0130. The number of carbonyl (C=O) groups excluding carboxylic acids is 1. The van der Waals surface area contributed by atoms with Crippen LogP contribution in [0.3, 0.4) is 0 Å². The van der Waals surface area contributed by atoms with Crippen LogP contribution < -0.4 is 19.3 Å². The minimum absolute atomic E-state index is 0.0130. The molecule has 6 nitrogen and oxygen atoms in total. The van der Waals surface area contributed by atoms with Gasteiger partial charge >= 0.3 is 0 Å². The minimum Gasteiger partial charge on any atom is -0.454 e. The molecule has 0 atom stereocenters. The molecule has 0 saturated heterocycles. The van der Waals surface area contributed by atoms with Gasteiger partial charge < -0.3 is 14.4 Å². The molecule has 4 rings (SSSR count). The van der Waals surface area contributed by atoms with Crippen molar-refractivity contribution in [3.63, 3.8) is 0 Å². The van der Waals surface area contributed by atoms with Crippen LogP contribution in [0.1, 0.15) is 27.9 Å². The highest BCUT2D eigenvalue weighted by molar-refractivity contribution is 7.22. The van der Waals surface area contributed by atoms with Gasteiger partial charge in [0.25, 0.3) is 5.91 Å². The highest BCUT2D eigenvalue weighted by Crippen LogP contribution is 2.40. The van der Waals surface area contributed by atoms with Crippen LogP contribution in [0.5, 0.6) is 11.5 Å². The number of thiazole rings is 1. The van der Waals surface area contributed by atoms with Gasteiger partial charge in [-0.25, -0.2) is 4.98 Å². The van der Waals surface area contributed by atoms with E-state index >= 15 is 0 Å². The van der Waals surface area contributed by atoms with E-state index in [1.807, 2.05) is 42.2 Å². The first-order valence-electron chi connectivity index (χ1n) is 9.80. The third kappa shape index (κ3) is 4.06. The van der Waals surface area contributed by atoms with E-state index in [1.54, 1.807) is 0 Å². The Kier molecular flexibility index (Phi) is 5.43. The molecule has 3 aromatic rings. The Hall–Kier alpha value is -2.64. The van der Waals surface area contributed by atoms with E-state index in [0.717, 1.165) is 34.5 Å². The molecule has 0 radical (unpaired) electrons. The number of carbonyl (C=O) groups is 1. The zero-order valence-electron chi connectivity index (χ0n) is 17.2. The molecule has 0 aliphatic carbocycles. The molecule has 0 fully saturated rings. The molecule has 0 bridgehead atoms. The molecule has 0 spiro atoms. The highest BCUT2D eigenvalue weighted by Gasteiger charge is 2.23. The normalized spacial score (nSPS) is 12.7. The lowest BCUT2D eigenvalue weighted by Crippen LogP contribution is -3.05. The number of aryl methyl sites for hydroxylation is 2. The summed E-state index contributed by atoms with van der Waals surface area (Å²) in [6, 6.07) is 9.70. The lowest BCUT2D eigenvalue weighted by Gasteiger charge is -2.21. The summed E-state index contributed by atoms with van der Waals surface area (Å²) < 4.78 is 11.9. The van der Waals surface area contributed by atoms with Gasteiger partial charge in [0.1, 0.15) is 0 Å². The zero-order valence-corrected chi connectivity index (χ0v) is 18.1. The van der Waals surface area contributed by atoms with Gasteiger partial charge in [0, 0.05) is 30.7 Å². The number of nitrogens with zero attached hydrogens (tertiary/aromatic N) is 2. The Morgan fingerprint density at radius 3 is 2.62 bits per heavy atom. The maximum atomic E-state index is 13.4. The predicted octanol–water partition coefficient (Wildman–Crippen LogP) is 2.82. The summed E-state index contributed by atoms with van der Waals surface area (Å²) in [5, 5.41) is 0.709. The smallest absolute Gasteiger partial charge is 0.260 e. The van der Waals surface area contributed by atoms with Crippen LogP contribution >= 0.6 is 11.3 Å². The largest absolute Gasteiger partial charge is 0.454 e. The van der Waals surface area contributed by atoms with Gasteiger partial charge in [0.2, 0.25) is 6.79 Å². The lowest BCUT2D eigenvalue weighted by atomic mass is 10.1. The fourth-order valence-corrected chi connectivity index (χ4v) is 4.33. The van der Waals surface area contributed by atoms with Crippen molar-refractivity contribution >= 4 is 32.6 Å². The maximum absolute atomic E-state index is 13.4. The topological polar surface area (TPSA) is 56.1 Å². The van der Waals surface area contributed by atoms with E-state index in [9.17, 15) is 4.79 Å². The SMILES string of the molecule is Cc1ccc(C(=O)N(CCC[NH+](C)C)c2nc3cc4c(cc3s2)OCO4)cc1C. The molecule has 1 aromatic heterocycles. The second kappa shape index (κ2) is 8.00. The van der Waals surface area contributed by atoms with Crippen LogP contribution in [0.4, 0.5) is 5.13 Å². The van der Waals surface area contributed by atoms with Gasteiger partial charge in [-0.2, -0.15) is 0 Å². The predicted molar refractivity (Wildman–Crippen MR) is 116 cm³/mol. The molecule has 1 N–H and O–H groups in total. The van der Waals surface area contributed by atoms with E-state index < -0.39 is 0 Å². The van der Waals surface area contributed by atoms with Gasteiger partial charge in [-0.1, -0.05) is 17.4 Å². The number of hydrogen-bond donors (Lipinski definition) is 1. The second-order valence-electron chi connectivity index (χ2n) is 7.74. The summed E-state index contributed by atoms with van der Waals surface area (Å²) in [6.07, 6.45) is 0.900. The average Bonchev–Trinajstić information content (AvgIpc) is 3.30. The van der Waals surface area contributed by atoms with Crippen LogP contribution in [0, 0.1) is 13.8 Å². The molecule has 1 amide bonds. The summed E-state index contributed by atoms with van der Waals surface area (Å²) in [5.41, 5.74) is 3.81. The first kappa shape index (κ1) is 19.7. The number of rotatable bonds is 6. The van der Waals surface area contributed by atoms with Crippen molar-refractivity contribution in [3.8, 4) is 11.5 Å². The van der Waals surface area contributed by atoms with Crippen molar-refractivity contribution in [2.24, 2.45) is 0 Å². The van der Waals surface area contributed by atoms with E-state index in [1.165, 1.54) is 21.8 Å². The number of anilines is 1. The Morgan fingerprint density at radius 1 is 1.14 bits per heavy atom. The second-order valence-corrected chi connectivity index (χ2v) is 8.75. The van der Waals surface area contributed by atoms with Crippen molar-refractivity contribution in [2.45, 2.75) is 20.3 Å². The summed E-state index contributed by atoms with van der Waals surface area (Å²) in [4.78, 5) is 21.3. The fourth-order valence-electron chi connectivity index (χ4n) is 3.33. The Labute approximate surface area is 174 Å². The van der Waals surface area contributed by atoms with E-state index in [0.29, 0.717) is 23.0 Å². The van der Waals surface area contributed by atoms with E-state index in [4.69, 9.17) is 14.5 Å². The molecule has 152 valence electrons. The maximum Gasteiger partial charge on any atom is 0.260 e. The van der Waals surface area contributed by atoms with Crippen molar-refractivity contribution in [3.05, 3.63) is 47.0 Å². The van der Waals surface area contributed by atoms with Crippen LogP contribution in [0.25, 0.3) is 10.2 Å². The summed E-state index contributed by atoms with van der Waals surface area (Å²) in [7, 11) is 4.24. The first-order chi connectivity index (χ1) is 13.9. The molecule has 2 heterocycles. The van der Waals surface area contributed by atoms with Crippen molar-refractivity contribution in [1.82, 2.24) is 4.98 Å². The van der Waals surface area contributed by atoms with Gasteiger partial charge in [-0.15, -0.1) is 0 Å². The number of nitrogens with one attached hydrogen (secondary N) is 1. The standard InChI is InChI=1S/C22H25N3O3S/c1-14-6-7-16(10-15(14)2)21(26)25(9-5-8-24(3)4)22-23-17-11-18-19(28-13-27-18)12-20(17)29-22/h6-7,10-12H,5,8-9,13H2,1-4H3/p+1. The Bertz CT molecular complexity index is 1020. The van der Waals surface area contributed by atoms with Crippen LogP contribution in [-0.2, 0) is 0 Å². The molecular formula is C22H26N3O3S+. The first-order valence-corrected chi connectivity index (χ1v) is 10.6. The van der Waals surface area contributed by atoms with Crippen LogP contribution in [0.2, 0.25) is 0 Å². The molecular weight excluding hydrogens is 386 g/mol. The van der Waals surface area contributed by atoms with Crippen molar-refractivity contribution < 1.29 is 19.2 Å².